The molecule has 3 rings (SSSR count). The summed E-state index contributed by atoms with van der Waals surface area (Å²) < 4.78 is 3.97. The van der Waals surface area contributed by atoms with Crippen LogP contribution in [0.3, 0.4) is 0 Å². The fraction of sp³-hybridized carbons (Fsp3) is 0.188. The van der Waals surface area contributed by atoms with Crippen molar-refractivity contribution in [3.8, 4) is 0 Å². The number of aryl methyl sites for hydroxylation is 1. The SMILES string of the molecule is Cn1nc(CC(N)c2cc(Br)ccc2Br)c2ccccc21. The standard InChI is InChI=1S/C16H15Br2N3/c1-21-16-5-3-2-4-11(16)15(20-21)9-14(19)12-8-10(17)6-7-13(12)18/h2-8,14H,9,19H2,1H3. The summed E-state index contributed by atoms with van der Waals surface area (Å²) in [5.74, 6) is 0. The Kier molecular flexibility index (Phi) is 4.15. The average Bonchev–Trinajstić information content (AvgIpc) is 2.78. The number of para-hydroxylation sites is 1. The molecule has 0 radical (unpaired) electrons. The molecule has 5 heteroatoms. The van der Waals surface area contributed by atoms with Crippen LogP contribution in [0.1, 0.15) is 17.3 Å². The maximum absolute atomic E-state index is 6.40. The molecular formula is C16H15Br2N3. The van der Waals surface area contributed by atoms with Gasteiger partial charge in [0.1, 0.15) is 0 Å². The zero-order chi connectivity index (χ0) is 15.0. The highest BCUT2D eigenvalue weighted by atomic mass is 79.9. The van der Waals surface area contributed by atoms with Crippen molar-refractivity contribution in [2.24, 2.45) is 12.8 Å². The quantitative estimate of drug-likeness (QED) is 0.700. The zero-order valence-corrected chi connectivity index (χ0v) is 14.7. The first-order valence-corrected chi connectivity index (χ1v) is 8.26. The number of nitrogens with zero attached hydrogens (tertiary/aromatic N) is 2. The van der Waals surface area contributed by atoms with Crippen molar-refractivity contribution < 1.29 is 0 Å². The van der Waals surface area contributed by atoms with Crippen LogP contribution in [0.25, 0.3) is 10.9 Å². The number of halogens is 2. The number of aromatic nitrogens is 2. The van der Waals surface area contributed by atoms with Crippen LogP contribution in [-0.4, -0.2) is 9.78 Å². The van der Waals surface area contributed by atoms with E-state index in [9.17, 15) is 0 Å². The van der Waals surface area contributed by atoms with E-state index < -0.39 is 0 Å². The van der Waals surface area contributed by atoms with Crippen molar-refractivity contribution in [2.45, 2.75) is 12.5 Å². The van der Waals surface area contributed by atoms with Gasteiger partial charge in [0.25, 0.3) is 0 Å². The fourth-order valence-corrected chi connectivity index (χ4v) is 3.48. The van der Waals surface area contributed by atoms with Crippen LogP contribution in [0.4, 0.5) is 0 Å². The van der Waals surface area contributed by atoms with Gasteiger partial charge in [-0.2, -0.15) is 5.10 Å². The monoisotopic (exact) mass is 407 g/mol. The summed E-state index contributed by atoms with van der Waals surface area (Å²) in [6.45, 7) is 0. The Morgan fingerprint density at radius 1 is 1.19 bits per heavy atom. The first-order valence-electron chi connectivity index (χ1n) is 6.67. The molecule has 3 nitrogen and oxygen atoms in total. The maximum Gasteiger partial charge on any atom is 0.0722 e. The largest absolute Gasteiger partial charge is 0.324 e. The number of nitrogens with two attached hydrogens (primary N) is 1. The molecule has 2 aromatic carbocycles. The lowest BCUT2D eigenvalue weighted by atomic mass is 10.0. The molecule has 108 valence electrons. The van der Waals surface area contributed by atoms with E-state index in [2.05, 4.69) is 55.2 Å². The first-order chi connectivity index (χ1) is 10.1. The average molecular weight is 409 g/mol. The van der Waals surface area contributed by atoms with E-state index >= 15 is 0 Å². The van der Waals surface area contributed by atoms with Crippen LogP contribution in [0.2, 0.25) is 0 Å². The van der Waals surface area contributed by atoms with Gasteiger partial charge in [-0.25, -0.2) is 0 Å². The number of hydrogen-bond donors (Lipinski definition) is 1. The van der Waals surface area contributed by atoms with E-state index in [1.165, 1.54) is 5.39 Å². The molecular weight excluding hydrogens is 394 g/mol. The van der Waals surface area contributed by atoms with Gasteiger partial charge in [0.2, 0.25) is 0 Å². The van der Waals surface area contributed by atoms with Crippen LogP contribution in [0.15, 0.2) is 51.4 Å². The Balaban J connectivity index is 1.96. The molecule has 0 saturated heterocycles. The van der Waals surface area contributed by atoms with E-state index in [1.54, 1.807) is 0 Å². The topological polar surface area (TPSA) is 43.8 Å². The van der Waals surface area contributed by atoms with Crippen molar-refractivity contribution in [1.29, 1.82) is 0 Å². The summed E-state index contributed by atoms with van der Waals surface area (Å²) in [6, 6.07) is 14.2. The summed E-state index contributed by atoms with van der Waals surface area (Å²) in [7, 11) is 1.96. The Bertz CT molecular complexity index is 795. The lowest BCUT2D eigenvalue weighted by Crippen LogP contribution is -2.14. The molecule has 0 aliphatic heterocycles. The Labute approximate surface area is 140 Å². The van der Waals surface area contributed by atoms with Gasteiger partial charge >= 0.3 is 0 Å². The minimum atomic E-state index is -0.102. The number of fused-ring (bicyclic) bond motifs is 1. The second-order valence-corrected chi connectivity index (χ2v) is 6.83. The first kappa shape index (κ1) is 14.8. The second-order valence-electron chi connectivity index (χ2n) is 5.06. The van der Waals surface area contributed by atoms with E-state index in [4.69, 9.17) is 5.73 Å². The molecule has 0 amide bonds. The van der Waals surface area contributed by atoms with Gasteiger partial charge in [0.15, 0.2) is 0 Å². The van der Waals surface area contributed by atoms with Crippen LogP contribution < -0.4 is 5.73 Å². The molecule has 1 aromatic heterocycles. The summed E-state index contributed by atoms with van der Waals surface area (Å²) >= 11 is 7.07. The molecule has 3 aromatic rings. The highest BCUT2D eigenvalue weighted by Crippen LogP contribution is 2.29. The minimum absolute atomic E-state index is 0.102. The van der Waals surface area contributed by atoms with Gasteiger partial charge in [-0.3, -0.25) is 4.68 Å². The summed E-state index contributed by atoms with van der Waals surface area (Å²) in [6.07, 6.45) is 0.705. The fourth-order valence-electron chi connectivity index (χ4n) is 2.56. The predicted octanol–water partition coefficient (Wildman–Crippen LogP) is 4.34. The minimum Gasteiger partial charge on any atom is -0.324 e. The summed E-state index contributed by atoms with van der Waals surface area (Å²) in [5.41, 5.74) is 9.65. The number of hydrogen-bond acceptors (Lipinski definition) is 2. The molecule has 1 atom stereocenters. The third-order valence-corrected chi connectivity index (χ3v) is 4.82. The zero-order valence-electron chi connectivity index (χ0n) is 11.6. The van der Waals surface area contributed by atoms with Crippen molar-refractivity contribution in [3.05, 3.63) is 62.7 Å². The number of benzene rings is 2. The molecule has 0 fully saturated rings. The Morgan fingerprint density at radius 3 is 2.76 bits per heavy atom. The van der Waals surface area contributed by atoms with Crippen LogP contribution >= 0.6 is 31.9 Å². The third-order valence-electron chi connectivity index (χ3n) is 3.61. The van der Waals surface area contributed by atoms with Crippen LogP contribution in [-0.2, 0) is 13.5 Å². The normalized spacial score (nSPS) is 12.8. The van der Waals surface area contributed by atoms with E-state index in [1.807, 2.05) is 36.0 Å². The number of rotatable bonds is 3. The van der Waals surface area contributed by atoms with Gasteiger partial charge < -0.3 is 5.73 Å². The van der Waals surface area contributed by atoms with Crippen molar-refractivity contribution in [3.63, 3.8) is 0 Å². The van der Waals surface area contributed by atoms with Gasteiger partial charge in [-0.1, -0.05) is 50.1 Å². The molecule has 0 bridgehead atoms. The van der Waals surface area contributed by atoms with Gasteiger partial charge in [-0.15, -0.1) is 0 Å². The molecule has 2 N–H and O–H groups in total. The predicted molar refractivity (Wildman–Crippen MR) is 93.2 cm³/mol. The van der Waals surface area contributed by atoms with Gasteiger partial charge in [-0.05, 0) is 29.8 Å². The second kappa shape index (κ2) is 5.91. The smallest absolute Gasteiger partial charge is 0.0722 e. The van der Waals surface area contributed by atoms with Gasteiger partial charge in [0.05, 0.1) is 11.2 Å². The van der Waals surface area contributed by atoms with Crippen LogP contribution in [0, 0.1) is 0 Å². The molecule has 0 aliphatic rings. The molecule has 0 spiro atoms. The van der Waals surface area contributed by atoms with Crippen molar-refractivity contribution >= 4 is 42.8 Å². The highest BCUT2D eigenvalue weighted by Gasteiger charge is 2.15. The summed E-state index contributed by atoms with van der Waals surface area (Å²) in [5, 5.41) is 5.79. The van der Waals surface area contributed by atoms with E-state index in [0.717, 1.165) is 25.7 Å². The Morgan fingerprint density at radius 2 is 1.95 bits per heavy atom. The van der Waals surface area contributed by atoms with Crippen molar-refractivity contribution in [2.75, 3.05) is 0 Å². The molecule has 0 saturated carbocycles. The molecule has 0 aliphatic carbocycles. The van der Waals surface area contributed by atoms with Crippen molar-refractivity contribution in [1.82, 2.24) is 9.78 Å². The highest BCUT2D eigenvalue weighted by molar-refractivity contribution is 9.11. The van der Waals surface area contributed by atoms with E-state index in [-0.39, 0.29) is 6.04 Å². The molecule has 1 heterocycles. The Hall–Kier alpha value is -1.17. The van der Waals surface area contributed by atoms with Crippen LogP contribution in [0.5, 0.6) is 0 Å². The van der Waals surface area contributed by atoms with Gasteiger partial charge in [0, 0.05) is 33.8 Å². The van der Waals surface area contributed by atoms with E-state index in [0.29, 0.717) is 6.42 Å². The summed E-state index contributed by atoms with van der Waals surface area (Å²) in [4.78, 5) is 0. The lowest BCUT2D eigenvalue weighted by Gasteiger charge is -2.13. The molecule has 1 unspecified atom stereocenters. The lowest BCUT2D eigenvalue weighted by molar-refractivity contribution is 0.680. The third kappa shape index (κ3) is 2.91. The maximum atomic E-state index is 6.40. The molecule has 21 heavy (non-hydrogen) atoms.